The molecule has 1 heterocycles. The molecule has 0 unspecified atom stereocenters. The second-order valence-electron chi connectivity index (χ2n) is 4.80. The smallest absolute Gasteiger partial charge is 0.347 e. The minimum Gasteiger partial charge on any atom is -0.496 e. The molecule has 1 aliphatic heterocycles. The molecule has 1 aliphatic rings. The fraction of sp³-hybridized carbons (Fsp3) is 0.0588. The molecule has 0 fully saturated rings. The molecule has 6 heteroatoms. The van der Waals surface area contributed by atoms with Crippen LogP contribution in [0.5, 0.6) is 11.5 Å². The maximum Gasteiger partial charge on any atom is 0.347 e. The minimum atomic E-state index is -0.702. The molecule has 3 rings (SSSR count). The van der Waals surface area contributed by atoms with E-state index >= 15 is 0 Å². The number of benzene rings is 2. The Labute approximate surface area is 145 Å². The van der Waals surface area contributed by atoms with Crippen LogP contribution >= 0.6 is 27.5 Å². The predicted molar refractivity (Wildman–Crippen MR) is 90.1 cm³/mol. The standard InChI is InChI=1S/C17H10BrClO4/c1-22-14-4-2-10(18)6-9(14)7-13-16(20)12-8-11(19)3-5-15(12)23-17(13)21/h2-8H,1H3/b13-7-. The molecule has 0 aliphatic carbocycles. The van der Waals surface area contributed by atoms with Crippen molar-refractivity contribution in [3.8, 4) is 11.5 Å². The van der Waals surface area contributed by atoms with Crippen LogP contribution in [0.15, 0.2) is 46.4 Å². The van der Waals surface area contributed by atoms with E-state index in [1.54, 1.807) is 24.3 Å². The fourth-order valence-electron chi connectivity index (χ4n) is 2.26. The number of carbonyl (C=O) groups is 2. The average molecular weight is 394 g/mol. The summed E-state index contributed by atoms with van der Waals surface area (Å²) in [5.74, 6) is -0.381. The van der Waals surface area contributed by atoms with E-state index in [-0.39, 0.29) is 16.9 Å². The zero-order valence-electron chi connectivity index (χ0n) is 11.9. The molecule has 2 aromatic rings. The third kappa shape index (κ3) is 3.02. The second-order valence-corrected chi connectivity index (χ2v) is 6.16. The topological polar surface area (TPSA) is 52.6 Å². The van der Waals surface area contributed by atoms with Crippen molar-refractivity contribution in [3.63, 3.8) is 0 Å². The summed E-state index contributed by atoms with van der Waals surface area (Å²) in [6.45, 7) is 0. The van der Waals surface area contributed by atoms with Crippen molar-refractivity contribution in [2.24, 2.45) is 0 Å². The SMILES string of the molecule is COc1ccc(Br)cc1/C=C1\C(=O)Oc2ccc(Cl)cc2C1=O. The lowest BCUT2D eigenvalue weighted by Crippen LogP contribution is -2.25. The number of rotatable bonds is 2. The number of ether oxygens (including phenoxy) is 2. The van der Waals surface area contributed by atoms with E-state index < -0.39 is 11.8 Å². The molecule has 0 spiro atoms. The van der Waals surface area contributed by atoms with Crippen molar-refractivity contribution in [2.75, 3.05) is 7.11 Å². The highest BCUT2D eigenvalue weighted by Gasteiger charge is 2.31. The fourth-order valence-corrected chi connectivity index (χ4v) is 2.81. The number of methoxy groups -OCH3 is 1. The van der Waals surface area contributed by atoms with Crippen molar-refractivity contribution in [2.45, 2.75) is 0 Å². The molecule has 0 N–H and O–H groups in total. The van der Waals surface area contributed by atoms with Crippen molar-refractivity contribution in [1.29, 1.82) is 0 Å². The lowest BCUT2D eigenvalue weighted by atomic mass is 9.97. The zero-order chi connectivity index (χ0) is 16.6. The molecule has 23 heavy (non-hydrogen) atoms. The van der Waals surface area contributed by atoms with Crippen LogP contribution in [0.2, 0.25) is 5.02 Å². The first kappa shape index (κ1) is 15.8. The number of hydrogen-bond donors (Lipinski definition) is 0. The lowest BCUT2D eigenvalue weighted by Gasteiger charge is -2.17. The maximum absolute atomic E-state index is 12.6. The zero-order valence-corrected chi connectivity index (χ0v) is 14.3. The average Bonchev–Trinajstić information content (AvgIpc) is 2.52. The first-order valence-electron chi connectivity index (χ1n) is 6.61. The molecule has 0 amide bonds. The molecule has 2 aromatic carbocycles. The van der Waals surface area contributed by atoms with Crippen LogP contribution in [0.1, 0.15) is 15.9 Å². The molecular weight excluding hydrogens is 384 g/mol. The normalized spacial score (nSPS) is 15.3. The number of hydrogen-bond acceptors (Lipinski definition) is 4. The molecule has 116 valence electrons. The van der Waals surface area contributed by atoms with Gasteiger partial charge in [-0.2, -0.15) is 0 Å². The second kappa shape index (κ2) is 6.18. The van der Waals surface area contributed by atoms with Crippen LogP contribution in [0.4, 0.5) is 0 Å². The molecule has 0 radical (unpaired) electrons. The Bertz CT molecular complexity index is 858. The van der Waals surface area contributed by atoms with Gasteiger partial charge in [0.15, 0.2) is 0 Å². The van der Waals surface area contributed by atoms with E-state index in [4.69, 9.17) is 21.1 Å². The lowest BCUT2D eigenvalue weighted by molar-refractivity contribution is -0.130. The Kier molecular flexibility index (Phi) is 4.24. The Hall–Kier alpha value is -2.11. The van der Waals surface area contributed by atoms with Gasteiger partial charge in [-0.3, -0.25) is 4.79 Å². The van der Waals surface area contributed by atoms with Gasteiger partial charge in [-0.15, -0.1) is 0 Å². The molecule has 0 aromatic heterocycles. The number of esters is 1. The van der Waals surface area contributed by atoms with Gasteiger partial charge in [0.2, 0.25) is 5.78 Å². The minimum absolute atomic E-state index is 0.0730. The summed E-state index contributed by atoms with van der Waals surface area (Å²) < 4.78 is 11.3. The monoisotopic (exact) mass is 392 g/mol. The first-order valence-corrected chi connectivity index (χ1v) is 7.78. The van der Waals surface area contributed by atoms with Crippen LogP contribution in [0, 0.1) is 0 Å². The number of halogens is 2. The van der Waals surface area contributed by atoms with Crippen molar-refractivity contribution in [3.05, 3.63) is 62.6 Å². The van der Waals surface area contributed by atoms with Gasteiger partial charge >= 0.3 is 5.97 Å². The van der Waals surface area contributed by atoms with E-state index in [0.717, 1.165) is 4.47 Å². The number of Topliss-reactive ketones (excluding diaryl/α,β-unsaturated/α-hetero) is 1. The van der Waals surface area contributed by atoms with E-state index in [2.05, 4.69) is 15.9 Å². The van der Waals surface area contributed by atoms with Crippen molar-refractivity contribution < 1.29 is 19.1 Å². The summed E-state index contributed by atoms with van der Waals surface area (Å²) in [5, 5.41) is 0.398. The summed E-state index contributed by atoms with van der Waals surface area (Å²) in [7, 11) is 1.52. The molecular formula is C17H10BrClO4. The van der Waals surface area contributed by atoms with Crippen LogP contribution in [0.25, 0.3) is 6.08 Å². The molecule has 4 nitrogen and oxygen atoms in total. The summed E-state index contributed by atoms with van der Waals surface area (Å²) in [6.07, 6.45) is 1.46. The third-order valence-electron chi connectivity index (χ3n) is 3.35. The number of fused-ring (bicyclic) bond motifs is 1. The Morgan fingerprint density at radius 1 is 1.17 bits per heavy atom. The van der Waals surface area contributed by atoms with E-state index in [9.17, 15) is 9.59 Å². The van der Waals surface area contributed by atoms with Crippen molar-refractivity contribution in [1.82, 2.24) is 0 Å². The number of ketones is 1. The van der Waals surface area contributed by atoms with Gasteiger partial charge in [0.25, 0.3) is 0 Å². The molecule has 0 bridgehead atoms. The summed E-state index contributed by atoms with van der Waals surface area (Å²) >= 11 is 9.27. The van der Waals surface area contributed by atoms with Gasteiger partial charge in [0.1, 0.15) is 17.1 Å². The molecule has 0 atom stereocenters. The molecule has 0 saturated heterocycles. The summed E-state index contributed by atoms with van der Waals surface area (Å²) in [6, 6.07) is 9.84. The van der Waals surface area contributed by atoms with Gasteiger partial charge in [0.05, 0.1) is 12.7 Å². The Morgan fingerprint density at radius 2 is 1.96 bits per heavy atom. The molecule has 0 saturated carbocycles. The van der Waals surface area contributed by atoms with Crippen LogP contribution in [-0.2, 0) is 4.79 Å². The van der Waals surface area contributed by atoms with E-state index in [0.29, 0.717) is 16.3 Å². The predicted octanol–water partition coefficient (Wildman–Crippen LogP) is 4.30. The largest absolute Gasteiger partial charge is 0.496 e. The quantitative estimate of drug-likeness (QED) is 0.330. The highest BCUT2D eigenvalue weighted by molar-refractivity contribution is 9.10. The summed E-state index contributed by atoms with van der Waals surface area (Å²) in [5.41, 5.74) is 0.779. The maximum atomic E-state index is 12.6. The highest BCUT2D eigenvalue weighted by atomic mass is 79.9. The highest BCUT2D eigenvalue weighted by Crippen LogP contribution is 2.32. The van der Waals surface area contributed by atoms with Gasteiger partial charge in [0, 0.05) is 15.1 Å². The first-order chi connectivity index (χ1) is 11.0. The van der Waals surface area contributed by atoms with E-state index in [1.165, 1.54) is 25.3 Å². The van der Waals surface area contributed by atoms with E-state index in [1.807, 2.05) is 0 Å². The van der Waals surface area contributed by atoms with Gasteiger partial charge in [-0.05, 0) is 42.5 Å². The Balaban J connectivity index is 2.12. The number of carbonyl (C=O) groups excluding carboxylic acids is 2. The van der Waals surface area contributed by atoms with Gasteiger partial charge < -0.3 is 9.47 Å². The summed E-state index contributed by atoms with van der Waals surface area (Å²) in [4.78, 5) is 24.7. The third-order valence-corrected chi connectivity index (χ3v) is 4.07. The Morgan fingerprint density at radius 3 is 2.70 bits per heavy atom. The van der Waals surface area contributed by atoms with Crippen molar-refractivity contribution >= 4 is 45.4 Å². The van der Waals surface area contributed by atoms with Crippen LogP contribution < -0.4 is 9.47 Å². The van der Waals surface area contributed by atoms with Gasteiger partial charge in [-0.1, -0.05) is 27.5 Å². The van der Waals surface area contributed by atoms with Crippen LogP contribution in [0.3, 0.4) is 0 Å². The van der Waals surface area contributed by atoms with Crippen LogP contribution in [-0.4, -0.2) is 18.9 Å². The van der Waals surface area contributed by atoms with Gasteiger partial charge in [-0.25, -0.2) is 4.79 Å².